The van der Waals surface area contributed by atoms with Crippen LogP contribution in [0.3, 0.4) is 0 Å². The van der Waals surface area contributed by atoms with Gasteiger partial charge >= 0.3 is 0 Å². The van der Waals surface area contributed by atoms with Gasteiger partial charge in [0, 0.05) is 4.90 Å². The zero-order valence-electron chi connectivity index (χ0n) is 5.73. The molecule has 0 unspecified atom stereocenters. The molecule has 66 valence electrons. The molecule has 1 aromatic rings. The number of hydrogen-bond acceptors (Lipinski definition) is 1. The van der Waals surface area contributed by atoms with E-state index in [-0.39, 0.29) is 9.37 Å². The van der Waals surface area contributed by atoms with Crippen LogP contribution in [0.1, 0.15) is 0 Å². The molecule has 0 aromatic heterocycles. The average Bonchev–Trinajstić information content (AvgIpc) is 1.98. The maximum Gasteiger partial charge on any atom is 0.288 e. The van der Waals surface area contributed by atoms with Gasteiger partial charge in [0.15, 0.2) is 0 Å². The summed E-state index contributed by atoms with van der Waals surface area (Å²) in [4.78, 5) is 0.213. The van der Waals surface area contributed by atoms with E-state index in [2.05, 4.69) is 15.9 Å². The standard InChI is InChI=1S/C7H4BrF3S/c8-6-4(9)2-1-3-5(6)12-7(10)11/h1-3,7H. The fraction of sp³-hybridized carbons (Fsp3) is 0.143. The first-order valence-electron chi connectivity index (χ1n) is 3.00. The molecule has 0 atom stereocenters. The van der Waals surface area contributed by atoms with Crippen molar-refractivity contribution < 1.29 is 13.2 Å². The summed E-state index contributed by atoms with van der Waals surface area (Å²) >= 11 is 3.20. The fourth-order valence-corrected chi connectivity index (χ4v) is 1.77. The van der Waals surface area contributed by atoms with E-state index in [0.29, 0.717) is 11.8 Å². The van der Waals surface area contributed by atoms with Gasteiger partial charge in [-0.3, -0.25) is 0 Å². The van der Waals surface area contributed by atoms with E-state index in [1.165, 1.54) is 18.2 Å². The summed E-state index contributed by atoms with van der Waals surface area (Å²) in [5.41, 5.74) is 0. The van der Waals surface area contributed by atoms with Crippen molar-refractivity contribution in [3.63, 3.8) is 0 Å². The zero-order chi connectivity index (χ0) is 9.14. The van der Waals surface area contributed by atoms with E-state index >= 15 is 0 Å². The van der Waals surface area contributed by atoms with Crippen molar-refractivity contribution in [2.45, 2.75) is 10.7 Å². The summed E-state index contributed by atoms with van der Waals surface area (Å²) in [5.74, 6) is -3.05. The van der Waals surface area contributed by atoms with Crippen molar-refractivity contribution in [1.29, 1.82) is 0 Å². The molecule has 0 N–H and O–H groups in total. The molecule has 0 aliphatic carbocycles. The number of rotatable bonds is 2. The van der Waals surface area contributed by atoms with Gasteiger partial charge in [-0.25, -0.2) is 4.39 Å². The molecule has 0 radical (unpaired) electrons. The Hall–Kier alpha value is -0.160. The predicted molar refractivity (Wildman–Crippen MR) is 46.0 cm³/mol. The Labute approximate surface area is 80.3 Å². The van der Waals surface area contributed by atoms with Crippen LogP contribution >= 0.6 is 27.7 Å². The third kappa shape index (κ3) is 2.42. The van der Waals surface area contributed by atoms with Gasteiger partial charge in [0.05, 0.1) is 4.47 Å². The molecule has 0 spiro atoms. The van der Waals surface area contributed by atoms with Gasteiger partial charge in [-0.1, -0.05) is 17.8 Å². The minimum atomic E-state index is -2.52. The first-order chi connectivity index (χ1) is 5.61. The maximum absolute atomic E-state index is 12.7. The monoisotopic (exact) mass is 256 g/mol. The summed E-state index contributed by atoms with van der Waals surface area (Å²) in [6.45, 7) is 0. The Morgan fingerprint density at radius 2 is 2.00 bits per heavy atom. The third-order valence-electron chi connectivity index (χ3n) is 1.13. The molecule has 0 aliphatic rings. The van der Waals surface area contributed by atoms with Crippen molar-refractivity contribution in [2.24, 2.45) is 0 Å². The number of halogens is 4. The second-order valence-corrected chi connectivity index (χ2v) is 3.76. The van der Waals surface area contributed by atoms with E-state index in [1.807, 2.05) is 0 Å². The minimum Gasteiger partial charge on any atom is -0.206 e. The Kier molecular flexibility index (Phi) is 3.46. The number of hydrogen-bond donors (Lipinski definition) is 0. The first kappa shape index (κ1) is 9.92. The van der Waals surface area contributed by atoms with Crippen LogP contribution in [0.2, 0.25) is 0 Å². The van der Waals surface area contributed by atoms with Crippen LogP contribution in [0.5, 0.6) is 0 Å². The minimum absolute atomic E-state index is 0.0929. The van der Waals surface area contributed by atoms with Gasteiger partial charge in [-0.2, -0.15) is 8.78 Å². The zero-order valence-corrected chi connectivity index (χ0v) is 8.13. The van der Waals surface area contributed by atoms with Gasteiger partial charge in [0.2, 0.25) is 0 Å². The van der Waals surface area contributed by atoms with Crippen molar-refractivity contribution in [3.05, 3.63) is 28.5 Å². The second-order valence-electron chi connectivity index (χ2n) is 1.93. The third-order valence-corrected chi connectivity index (χ3v) is 2.97. The van der Waals surface area contributed by atoms with Crippen molar-refractivity contribution in [3.8, 4) is 0 Å². The van der Waals surface area contributed by atoms with E-state index in [4.69, 9.17) is 0 Å². The van der Waals surface area contributed by atoms with Crippen LogP contribution < -0.4 is 0 Å². The molecular formula is C7H4BrF3S. The lowest BCUT2D eigenvalue weighted by molar-refractivity contribution is 0.252. The smallest absolute Gasteiger partial charge is 0.206 e. The van der Waals surface area contributed by atoms with Gasteiger partial charge in [0.1, 0.15) is 5.82 Å². The summed E-state index contributed by atoms with van der Waals surface area (Å²) in [5, 5.41) is 0. The largest absolute Gasteiger partial charge is 0.288 e. The highest BCUT2D eigenvalue weighted by atomic mass is 79.9. The van der Waals surface area contributed by atoms with Gasteiger partial charge in [-0.05, 0) is 28.1 Å². The number of benzene rings is 1. The Bertz CT molecular complexity index is 277. The lowest BCUT2D eigenvalue weighted by atomic mass is 10.3. The topological polar surface area (TPSA) is 0 Å². The van der Waals surface area contributed by atoms with Gasteiger partial charge in [0.25, 0.3) is 5.76 Å². The Morgan fingerprint density at radius 3 is 2.58 bits per heavy atom. The predicted octanol–water partition coefficient (Wildman–Crippen LogP) is 3.90. The molecule has 0 bridgehead atoms. The van der Waals surface area contributed by atoms with Crippen LogP contribution in [0, 0.1) is 5.82 Å². The summed E-state index contributed by atoms with van der Waals surface area (Å²) in [6, 6.07) is 4.04. The summed E-state index contributed by atoms with van der Waals surface area (Å²) < 4.78 is 36.5. The Morgan fingerprint density at radius 1 is 1.33 bits per heavy atom. The van der Waals surface area contributed by atoms with Crippen LogP contribution in [0.25, 0.3) is 0 Å². The summed E-state index contributed by atoms with van der Waals surface area (Å²) in [7, 11) is 0. The highest BCUT2D eigenvalue weighted by Gasteiger charge is 2.10. The van der Waals surface area contributed by atoms with E-state index in [9.17, 15) is 13.2 Å². The van der Waals surface area contributed by atoms with E-state index < -0.39 is 11.6 Å². The van der Waals surface area contributed by atoms with Crippen molar-refractivity contribution in [2.75, 3.05) is 0 Å². The molecule has 5 heteroatoms. The molecule has 1 aromatic carbocycles. The lowest BCUT2D eigenvalue weighted by Gasteiger charge is -2.02. The maximum atomic E-state index is 12.7. The van der Waals surface area contributed by atoms with Crippen LogP contribution in [-0.4, -0.2) is 5.76 Å². The van der Waals surface area contributed by atoms with Gasteiger partial charge in [-0.15, -0.1) is 0 Å². The first-order valence-corrected chi connectivity index (χ1v) is 4.67. The Balaban J connectivity index is 2.92. The number of alkyl halides is 2. The van der Waals surface area contributed by atoms with E-state index in [1.54, 1.807) is 0 Å². The normalized spacial score (nSPS) is 10.8. The molecular weight excluding hydrogens is 253 g/mol. The lowest BCUT2D eigenvalue weighted by Crippen LogP contribution is -1.85. The average molecular weight is 257 g/mol. The number of thioether (sulfide) groups is 1. The molecule has 0 amide bonds. The molecule has 0 saturated heterocycles. The summed E-state index contributed by atoms with van der Waals surface area (Å²) in [6.07, 6.45) is 0. The molecule has 12 heavy (non-hydrogen) atoms. The van der Waals surface area contributed by atoms with Crippen molar-refractivity contribution in [1.82, 2.24) is 0 Å². The highest BCUT2D eigenvalue weighted by Crippen LogP contribution is 2.33. The molecule has 0 heterocycles. The highest BCUT2D eigenvalue weighted by molar-refractivity contribution is 9.10. The molecule has 0 fully saturated rings. The van der Waals surface area contributed by atoms with Crippen molar-refractivity contribution >= 4 is 27.7 Å². The van der Waals surface area contributed by atoms with Crippen LogP contribution in [0.15, 0.2) is 27.6 Å². The fourth-order valence-electron chi connectivity index (χ4n) is 0.671. The SMILES string of the molecule is Fc1cccc(SC(F)F)c1Br. The van der Waals surface area contributed by atoms with Crippen LogP contribution in [0.4, 0.5) is 13.2 Å². The van der Waals surface area contributed by atoms with Gasteiger partial charge < -0.3 is 0 Å². The molecule has 0 nitrogen and oxygen atoms in total. The molecule has 1 rings (SSSR count). The second kappa shape index (κ2) is 4.18. The quantitative estimate of drug-likeness (QED) is 0.724. The van der Waals surface area contributed by atoms with Crippen LogP contribution in [-0.2, 0) is 0 Å². The molecule has 0 aliphatic heterocycles. The van der Waals surface area contributed by atoms with E-state index in [0.717, 1.165) is 0 Å². The molecule has 0 saturated carbocycles.